The van der Waals surface area contributed by atoms with Crippen LogP contribution < -0.4 is 10.2 Å². The minimum Gasteiger partial charge on any atom is -0.377 e. The van der Waals surface area contributed by atoms with Gasteiger partial charge in [-0.25, -0.2) is 4.79 Å². The number of fused-ring (bicyclic) bond motifs is 4. The van der Waals surface area contributed by atoms with Gasteiger partial charge in [0.05, 0.1) is 19.3 Å². The van der Waals surface area contributed by atoms with Crippen molar-refractivity contribution in [1.82, 2.24) is 10.2 Å². The molecule has 1 aromatic rings. The maximum Gasteiger partial charge on any atom is 0.331 e. The average molecular weight is 494 g/mol. The highest BCUT2D eigenvalue weighted by molar-refractivity contribution is 6.31. The van der Waals surface area contributed by atoms with Crippen LogP contribution in [0.2, 0.25) is 0 Å². The molecule has 0 bridgehead atoms. The summed E-state index contributed by atoms with van der Waals surface area (Å²) in [6.07, 6.45) is 2.38. The zero-order valence-corrected chi connectivity index (χ0v) is 21.1. The molecule has 0 radical (unpaired) electrons. The Morgan fingerprint density at radius 1 is 1.06 bits per heavy atom. The summed E-state index contributed by atoms with van der Waals surface area (Å²) in [7, 11) is 0. The van der Waals surface area contributed by atoms with Gasteiger partial charge in [0.2, 0.25) is 0 Å². The normalized spacial score (nSPS) is 26.4. The number of rotatable bonds is 2. The van der Waals surface area contributed by atoms with E-state index in [1.165, 1.54) is 6.08 Å². The molecule has 1 aliphatic carbocycles. The lowest BCUT2D eigenvalue weighted by molar-refractivity contribution is -0.152. The van der Waals surface area contributed by atoms with Crippen molar-refractivity contribution in [3.63, 3.8) is 0 Å². The van der Waals surface area contributed by atoms with Crippen molar-refractivity contribution in [3.05, 3.63) is 34.9 Å². The number of Topliss-reactive ketones (excluding diaryl/α,β-unsaturated/α-hetero) is 2. The Kier molecular flexibility index (Phi) is 5.66. The summed E-state index contributed by atoms with van der Waals surface area (Å²) in [5.41, 5.74) is 0.658. The van der Waals surface area contributed by atoms with Crippen LogP contribution in [-0.2, 0) is 30.3 Å². The Balaban J connectivity index is 1.57. The van der Waals surface area contributed by atoms with Crippen molar-refractivity contribution < 1.29 is 28.7 Å². The number of anilines is 1. The number of nitrogens with one attached hydrogen (secondary N) is 1. The molecule has 1 atom stereocenters. The molecule has 4 aliphatic rings. The van der Waals surface area contributed by atoms with E-state index >= 15 is 0 Å². The van der Waals surface area contributed by atoms with Crippen LogP contribution in [0.5, 0.6) is 0 Å². The van der Waals surface area contributed by atoms with Gasteiger partial charge in [-0.1, -0.05) is 19.9 Å². The molecule has 1 spiro atoms. The molecule has 2 saturated heterocycles. The third kappa shape index (κ3) is 3.68. The van der Waals surface area contributed by atoms with Crippen molar-refractivity contribution >= 4 is 41.2 Å². The lowest BCUT2D eigenvalue weighted by Gasteiger charge is -2.54. The topological polar surface area (TPSA) is 113 Å². The van der Waals surface area contributed by atoms with Crippen molar-refractivity contribution in [3.8, 4) is 0 Å². The molecular weight excluding hydrogens is 462 g/mol. The Labute approximate surface area is 209 Å². The third-order valence-corrected chi connectivity index (χ3v) is 7.81. The monoisotopic (exact) mass is 493 g/mol. The number of urea groups is 1. The maximum atomic E-state index is 13.6. The predicted octanol–water partition coefficient (Wildman–Crippen LogP) is 2.26. The zero-order valence-electron chi connectivity index (χ0n) is 21.1. The quantitative estimate of drug-likeness (QED) is 0.382. The number of nitrogens with zero attached hydrogens (tertiary/aromatic N) is 2. The van der Waals surface area contributed by atoms with Gasteiger partial charge in [0, 0.05) is 31.1 Å². The highest BCUT2D eigenvalue weighted by Gasteiger charge is 2.60. The number of carbonyl (C=O) groups is 5. The molecule has 36 heavy (non-hydrogen) atoms. The van der Waals surface area contributed by atoms with Crippen LogP contribution in [0.25, 0.3) is 6.08 Å². The summed E-state index contributed by atoms with van der Waals surface area (Å²) in [5.74, 6) is -1.50. The molecule has 4 amide bonds. The Morgan fingerprint density at radius 2 is 1.75 bits per heavy atom. The summed E-state index contributed by atoms with van der Waals surface area (Å²) in [4.78, 5) is 67.9. The molecular formula is C27H31N3O6. The number of hydrogen-bond donors (Lipinski definition) is 1. The average Bonchev–Trinajstić information content (AvgIpc) is 2.79. The van der Waals surface area contributed by atoms with E-state index in [1.54, 1.807) is 19.9 Å². The number of hydrogen-bond acceptors (Lipinski definition) is 7. The lowest BCUT2D eigenvalue weighted by Crippen LogP contribution is -2.66. The van der Waals surface area contributed by atoms with E-state index in [0.29, 0.717) is 38.2 Å². The summed E-state index contributed by atoms with van der Waals surface area (Å²) in [6.45, 7) is 8.67. The molecule has 9 nitrogen and oxygen atoms in total. The van der Waals surface area contributed by atoms with Crippen LogP contribution in [0.3, 0.4) is 0 Å². The van der Waals surface area contributed by atoms with E-state index in [2.05, 4.69) is 10.2 Å². The van der Waals surface area contributed by atoms with Crippen molar-refractivity contribution in [1.29, 1.82) is 0 Å². The first-order valence-electron chi connectivity index (χ1n) is 12.4. The first kappa shape index (κ1) is 24.4. The van der Waals surface area contributed by atoms with Crippen molar-refractivity contribution in [2.24, 2.45) is 10.8 Å². The fourth-order valence-electron chi connectivity index (χ4n) is 6.11. The van der Waals surface area contributed by atoms with E-state index in [0.717, 1.165) is 16.2 Å². The Morgan fingerprint density at radius 3 is 2.42 bits per heavy atom. The van der Waals surface area contributed by atoms with Gasteiger partial charge in [-0.2, -0.15) is 0 Å². The van der Waals surface area contributed by atoms with Crippen LogP contribution in [0.15, 0.2) is 23.8 Å². The summed E-state index contributed by atoms with van der Waals surface area (Å²) >= 11 is 0. The highest BCUT2D eigenvalue weighted by atomic mass is 16.5. The number of ketones is 2. The third-order valence-electron chi connectivity index (χ3n) is 7.81. The summed E-state index contributed by atoms with van der Waals surface area (Å²) in [6, 6.07) is 4.05. The second-order valence-electron chi connectivity index (χ2n) is 11.3. The molecule has 3 aliphatic heterocycles. The molecule has 3 fully saturated rings. The molecule has 3 heterocycles. The highest BCUT2D eigenvalue weighted by Crippen LogP contribution is 2.50. The fraction of sp³-hybridized carbons (Fsp3) is 0.519. The Hall–Kier alpha value is -3.33. The maximum absolute atomic E-state index is 13.6. The molecule has 1 saturated carbocycles. The second-order valence-corrected chi connectivity index (χ2v) is 11.3. The van der Waals surface area contributed by atoms with Gasteiger partial charge in [-0.05, 0) is 55.0 Å². The van der Waals surface area contributed by atoms with Gasteiger partial charge in [0.1, 0.15) is 22.6 Å². The van der Waals surface area contributed by atoms with Crippen LogP contribution in [0.1, 0.15) is 51.7 Å². The van der Waals surface area contributed by atoms with Crippen molar-refractivity contribution in [2.45, 2.75) is 59.0 Å². The molecule has 1 aromatic carbocycles. The largest absolute Gasteiger partial charge is 0.377 e. The van der Waals surface area contributed by atoms with E-state index < -0.39 is 29.3 Å². The number of ether oxygens (including phenoxy) is 1. The van der Waals surface area contributed by atoms with Crippen LogP contribution in [0, 0.1) is 10.8 Å². The first-order chi connectivity index (χ1) is 16.9. The van der Waals surface area contributed by atoms with E-state index in [1.807, 2.05) is 26.0 Å². The van der Waals surface area contributed by atoms with E-state index in [4.69, 9.17) is 4.74 Å². The second kappa shape index (κ2) is 8.37. The van der Waals surface area contributed by atoms with Crippen LogP contribution in [0.4, 0.5) is 10.5 Å². The predicted molar refractivity (Wildman–Crippen MR) is 131 cm³/mol. The number of morpholine rings is 1. The summed E-state index contributed by atoms with van der Waals surface area (Å²) < 4.78 is 5.75. The molecule has 5 rings (SSSR count). The van der Waals surface area contributed by atoms with Gasteiger partial charge >= 0.3 is 6.03 Å². The minimum atomic E-state index is -1.17. The first-order valence-corrected chi connectivity index (χ1v) is 12.4. The van der Waals surface area contributed by atoms with Gasteiger partial charge in [0.25, 0.3) is 11.8 Å². The van der Waals surface area contributed by atoms with E-state index in [9.17, 15) is 24.0 Å². The number of benzene rings is 1. The van der Waals surface area contributed by atoms with Gasteiger partial charge in [-0.3, -0.25) is 29.4 Å². The van der Waals surface area contributed by atoms with Gasteiger partial charge < -0.3 is 9.64 Å². The van der Waals surface area contributed by atoms with E-state index in [-0.39, 0.29) is 35.0 Å². The number of carbonyl (C=O) groups excluding carboxylic acids is 5. The molecule has 0 aromatic heterocycles. The standard InChI is InChI=1S/C27H31N3O6/c1-15(2)30-24(34)18(23(33)28-25(30)35)10-16-5-6-19-17(9-16)11-27(20-14-36-8-7-29(19)20)21(31)12-26(3,4)13-22(27)32/h5-6,9-10,15,20H,7-8,11-14H2,1-4H3,(H,28,33,35)/b18-10+. The summed E-state index contributed by atoms with van der Waals surface area (Å²) in [5, 5.41) is 2.22. The smallest absolute Gasteiger partial charge is 0.331 e. The minimum absolute atomic E-state index is 0.0495. The molecule has 1 unspecified atom stereocenters. The number of amides is 4. The van der Waals surface area contributed by atoms with Crippen LogP contribution in [-0.4, -0.2) is 66.2 Å². The van der Waals surface area contributed by atoms with Gasteiger partial charge in [-0.15, -0.1) is 0 Å². The number of imide groups is 2. The SMILES string of the molecule is CC(C)N1C(=O)NC(=O)/C(=C\c2ccc3c(c2)CC2(C(=O)CC(C)(C)CC2=O)C2COCCN32)C1=O. The zero-order chi connectivity index (χ0) is 26.0. The molecule has 9 heteroatoms. The van der Waals surface area contributed by atoms with Crippen LogP contribution >= 0.6 is 0 Å². The number of barbiturate groups is 1. The Bertz CT molecular complexity index is 1210. The lowest BCUT2D eigenvalue weighted by atomic mass is 9.56. The molecule has 190 valence electrons. The van der Waals surface area contributed by atoms with Crippen molar-refractivity contribution in [2.75, 3.05) is 24.7 Å². The van der Waals surface area contributed by atoms with Gasteiger partial charge in [0.15, 0.2) is 0 Å². The fourth-order valence-corrected chi connectivity index (χ4v) is 6.11. The molecule has 1 N–H and O–H groups in total.